The van der Waals surface area contributed by atoms with Gasteiger partial charge in [0.05, 0.1) is 12.2 Å². The van der Waals surface area contributed by atoms with E-state index in [2.05, 4.69) is 5.32 Å². The summed E-state index contributed by atoms with van der Waals surface area (Å²) in [6.07, 6.45) is -0.603. The highest BCUT2D eigenvalue weighted by Gasteiger charge is 2.31. The first-order valence-corrected chi connectivity index (χ1v) is 9.74. The van der Waals surface area contributed by atoms with Crippen molar-refractivity contribution in [1.82, 2.24) is 0 Å². The maximum atomic E-state index is 12.7. The zero-order valence-electron chi connectivity index (χ0n) is 16.6. The van der Waals surface area contributed by atoms with Crippen LogP contribution in [0.15, 0.2) is 78.9 Å². The third-order valence-electron chi connectivity index (χ3n) is 4.75. The molecule has 0 saturated carbocycles. The fourth-order valence-corrected chi connectivity index (χ4v) is 3.28. The van der Waals surface area contributed by atoms with Crippen LogP contribution in [-0.2, 0) is 16.1 Å². The molecule has 30 heavy (non-hydrogen) atoms. The average Bonchev–Trinajstić information content (AvgIpc) is 2.77. The van der Waals surface area contributed by atoms with E-state index in [9.17, 15) is 9.59 Å². The molecule has 1 heterocycles. The number of rotatable bonds is 6. The van der Waals surface area contributed by atoms with Crippen LogP contribution in [0.2, 0.25) is 0 Å². The van der Waals surface area contributed by atoms with Crippen LogP contribution in [0.1, 0.15) is 12.5 Å². The van der Waals surface area contributed by atoms with E-state index in [-0.39, 0.29) is 18.4 Å². The molecule has 4 rings (SSSR count). The minimum atomic E-state index is -0.603. The van der Waals surface area contributed by atoms with Gasteiger partial charge in [0.25, 0.3) is 11.8 Å². The van der Waals surface area contributed by atoms with E-state index in [0.29, 0.717) is 29.4 Å². The molecule has 0 spiro atoms. The number of hydrogen-bond donors (Lipinski definition) is 1. The summed E-state index contributed by atoms with van der Waals surface area (Å²) < 4.78 is 11.3. The zero-order chi connectivity index (χ0) is 20.9. The first-order chi connectivity index (χ1) is 14.6. The lowest BCUT2D eigenvalue weighted by molar-refractivity contribution is -0.125. The number of benzene rings is 3. The number of amides is 2. The molecule has 3 aromatic carbocycles. The van der Waals surface area contributed by atoms with Crippen LogP contribution in [0.5, 0.6) is 11.5 Å². The van der Waals surface area contributed by atoms with Crippen molar-refractivity contribution in [3.8, 4) is 11.5 Å². The molecule has 6 heteroatoms. The van der Waals surface area contributed by atoms with Crippen molar-refractivity contribution < 1.29 is 19.1 Å². The van der Waals surface area contributed by atoms with Crippen molar-refractivity contribution in [1.29, 1.82) is 0 Å². The standard InChI is InChI=1S/C24H22N2O4/c1-17-24(28)26(15-18-8-4-2-5-9-18)21-13-12-19(14-22(21)30-17)25-23(27)16-29-20-10-6-3-7-11-20/h2-14,17H,15-16H2,1H3,(H,25,27). The molecule has 0 radical (unpaired) electrons. The van der Waals surface area contributed by atoms with Gasteiger partial charge in [-0.3, -0.25) is 9.59 Å². The maximum absolute atomic E-state index is 12.7. The summed E-state index contributed by atoms with van der Waals surface area (Å²) in [7, 11) is 0. The van der Waals surface area contributed by atoms with Gasteiger partial charge in [-0.2, -0.15) is 0 Å². The smallest absolute Gasteiger partial charge is 0.268 e. The fourth-order valence-electron chi connectivity index (χ4n) is 3.28. The molecule has 2 amide bonds. The van der Waals surface area contributed by atoms with Crippen LogP contribution in [0.4, 0.5) is 11.4 Å². The number of nitrogens with zero attached hydrogens (tertiary/aromatic N) is 1. The Morgan fingerprint density at radius 2 is 1.73 bits per heavy atom. The van der Waals surface area contributed by atoms with Gasteiger partial charge in [0.1, 0.15) is 11.5 Å². The molecule has 1 unspecified atom stereocenters. The Hall–Kier alpha value is -3.80. The zero-order valence-corrected chi connectivity index (χ0v) is 16.6. The number of nitrogens with one attached hydrogen (secondary N) is 1. The third kappa shape index (κ3) is 4.43. The summed E-state index contributed by atoms with van der Waals surface area (Å²) in [5.74, 6) is 0.810. The summed E-state index contributed by atoms with van der Waals surface area (Å²) in [4.78, 5) is 26.6. The molecule has 6 nitrogen and oxygen atoms in total. The maximum Gasteiger partial charge on any atom is 0.268 e. The van der Waals surface area contributed by atoms with Crippen LogP contribution in [0.25, 0.3) is 0 Å². The minimum absolute atomic E-state index is 0.0978. The number of ether oxygens (including phenoxy) is 2. The van der Waals surface area contributed by atoms with Gasteiger partial charge in [-0.1, -0.05) is 48.5 Å². The summed E-state index contributed by atoms with van der Waals surface area (Å²) in [5.41, 5.74) is 2.29. The van der Waals surface area contributed by atoms with Gasteiger partial charge in [-0.15, -0.1) is 0 Å². The number of carbonyl (C=O) groups is 2. The monoisotopic (exact) mass is 402 g/mol. The summed E-state index contributed by atoms with van der Waals surface area (Å²) in [6.45, 7) is 2.08. The molecule has 0 aromatic heterocycles. The molecule has 0 fully saturated rings. The second kappa shape index (κ2) is 8.69. The van der Waals surface area contributed by atoms with E-state index in [4.69, 9.17) is 9.47 Å². The topological polar surface area (TPSA) is 67.9 Å². The van der Waals surface area contributed by atoms with Gasteiger partial charge in [0.15, 0.2) is 12.7 Å². The number of anilines is 2. The number of fused-ring (bicyclic) bond motifs is 1. The molecule has 0 bridgehead atoms. The molecule has 152 valence electrons. The average molecular weight is 402 g/mol. The van der Waals surface area contributed by atoms with Crippen LogP contribution < -0.4 is 19.7 Å². The highest BCUT2D eigenvalue weighted by molar-refractivity contribution is 6.00. The minimum Gasteiger partial charge on any atom is -0.484 e. The highest BCUT2D eigenvalue weighted by Crippen LogP contribution is 2.37. The normalized spacial score (nSPS) is 15.2. The fraction of sp³-hybridized carbons (Fsp3) is 0.167. The summed E-state index contributed by atoms with van der Waals surface area (Å²) in [6, 6.07) is 24.2. The Morgan fingerprint density at radius 3 is 2.47 bits per heavy atom. The largest absolute Gasteiger partial charge is 0.484 e. The lowest BCUT2D eigenvalue weighted by Gasteiger charge is -2.33. The molecule has 3 aromatic rings. The Balaban J connectivity index is 1.47. The quantitative estimate of drug-likeness (QED) is 0.676. The first-order valence-electron chi connectivity index (χ1n) is 9.74. The molecule has 1 aliphatic rings. The van der Waals surface area contributed by atoms with Crippen LogP contribution in [0, 0.1) is 0 Å². The SMILES string of the molecule is CC1Oc2cc(NC(=O)COc3ccccc3)ccc2N(Cc2ccccc2)C1=O. The van der Waals surface area contributed by atoms with Gasteiger partial charge < -0.3 is 19.7 Å². The Labute approximate surface area is 175 Å². The summed E-state index contributed by atoms with van der Waals surface area (Å²) >= 11 is 0. The lowest BCUT2D eigenvalue weighted by Crippen LogP contribution is -2.44. The molecule has 1 aliphatic heterocycles. The number of carbonyl (C=O) groups excluding carboxylic acids is 2. The lowest BCUT2D eigenvalue weighted by atomic mass is 10.1. The van der Waals surface area contributed by atoms with Crippen LogP contribution in [0.3, 0.4) is 0 Å². The van der Waals surface area contributed by atoms with E-state index in [1.54, 1.807) is 42.2 Å². The predicted molar refractivity (Wildman–Crippen MR) is 115 cm³/mol. The van der Waals surface area contributed by atoms with E-state index < -0.39 is 6.10 Å². The Morgan fingerprint density at radius 1 is 1.03 bits per heavy atom. The second-order valence-corrected chi connectivity index (χ2v) is 7.00. The molecule has 0 saturated heterocycles. The van der Waals surface area contributed by atoms with Crippen molar-refractivity contribution in [3.63, 3.8) is 0 Å². The van der Waals surface area contributed by atoms with Gasteiger partial charge in [0.2, 0.25) is 0 Å². The van der Waals surface area contributed by atoms with E-state index in [1.807, 2.05) is 48.5 Å². The van der Waals surface area contributed by atoms with E-state index >= 15 is 0 Å². The van der Waals surface area contributed by atoms with Crippen LogP contribution in [-0.4, -0.2) is 24.5 Å². The van der Waals surface area contributed by atoms with Gasteiger partial charge in [-0.25, -0.2) is 0 Å². The first kappa shape index (κ1) is 19.5. The molecular formula is C24H22N2O4. The highest BCUT2D eigenvalue weighted by atomic mass is 16.5. The van der Waals surface area contributed by atoms with E-state index in [0.717, 1.165) is 5.56 Å². The molecule has 0 aliphatic carbocycles. The van der Waals surface area contributed by atoms with Crippen molar-refractivity contribution >= 4 is 23.2 Å². The molecule has 1 N–H and O–H groups in total. The van der Waals surface area contributed by atoms with Crippen molar-refractivity contribution in [3.05, 3.63) is 84.4 Å². The third-order valence-corrected chi connectivity index (χ3v) is 4.75. The van der Waals surface area contributed by atoms with Gasteiger partial charge in [-0.05, 0) is 36.8 Å². The Kier molecular flexibility index (Phi) is 5.66. The van der Waals surface area contributed by atoms with Crippen LogP contribution >= 0.6 is 0 Å². The Bertz CT molecular complexity index is 1040. The van der Waals surface area contributed by atoms with E-state index in [1.165, 1.54) is 0 Å². The predicted octanol–water partition coefficient (Wildman–Crippen LogP) is 4.02. The molecular weight excluding hydrogens is 380 g/mol. The second-order valence-electron chi connectivity index (χ2n) is 7.00. The summed E-state index contributed by atoms with van der Waals surface area (Å²) in [5, 5.41) is 2.81. The van der Waals surface area contributed by atoms with Gasteiger partial charge in [0, 0.05) is 11.8 Å². The van der Waals surface area contributed by atoms with Gasteiger partial charge >= 0.3 is 0 Å². The molecule has 1 atom stereocenters. The van der Waals surface area contributed by atoms with Crippen molar-refractivity contribution in [2.45, 2.75) is 19.6 Å². The number of hydrogen-bond acceptors (Lipinski definition) is 4. The van der Waals surface area contributed by atoms with Crippen molar-refractivity contribution in [2.75, 3.05) is 16.8 Å². The number of para-hydroxylation sites is 1. The van der Waals surface area contributed by atoms with Crippen molar-refractivity contribution in [2.24, 2.45) is 0 Å².